The Bertz CT molecular complexity index is 1930. The fraction of sp³-hybridized carbons (Fsp3) is 0.672. The van der Waals surface area contributed by atoms with Crippen molar-refractivity contribution >= 4 is 35.2 Å². The van der Waals surface area contributed by atoms with Crippen molar-refractivity contribution in [2.45, 2.75) is 205 Å². The van der Waals surface area contributed by atoms with E-state index in [2.05, 4.69) is 72.8 Å². The predicted molar refractivity (Wildman–Crippen MR) is 287 cm³/mol. The first kappa shape index (κ1) is 58.6. The summed E-state index contributed by atoms with van der Waals surface area (Å²) in [5.74, 6) is -2.00. The van der Waals surface area contributed by atoms with Crippen molar-refractivity contribution in [1.82, 2.24) is 14.8 Å². The van der Waals surface area contributed by atoms with Crippen LogP contribution in [0.4, 0.5) is 0 Å². The molecule has 0 spiro atoms. The van der Waals surface area contributed by atoms with Crippen LogP contribution in [0, 0.1) is 17.8 Å². The van der Waals surface area contributed by atoms with Crippen LogP contribution in [-0.2, 0) is 23.8 Å². The molecule has 0 bridgehead atoms. The molecular formula is C58H91N3O9P+. The minimum atomic E-state index is -1.93. The average molecular weight is 1010 g/mol. The number of hydrogen-bond acceptors (Lipinski definition) is 11. The van der Waals surface area contributed by atoms with Crippen LogP contribution >= 0.6 is 7.26 Å². The third-order valence-electron chi connectivity index (χ3n) is 15.6. The number of cyclic esters (lactones) is 1. The number of carbonyl (C=O) groups excluding carboxylic acids is 2. The van der Waals surface area contributed by atoms with E-state index >= 15 is 0 Å². The number of nitrogens with zero attached hydrogens (tertiary/aromatic N) is 3. The molecule has 3 aromatic rings. The lowest BCUT2D eigenvalue weighted by Gasteiger charge is -2.46. The second-order valence-corrected chi connectivity index (χ2v) is 25.6. The maximum absolute atomic E-state index is 14.3. The average Bonchev–Trinajstić information content (AvgIpc) is 3.34. The Morgan fingerprint density at radius 3 is 1.93 bits per heavy atom. The van der Waals surface area contributed by atoms with E-state index in [0.717, 1.165) is 51.1 Å². The van der Waals surface area contributed by atoms with E-state index in [-0.39, 0.29) is 56.2 Å². The van der Waals surface area contributed by atoms with Gasteiger partial charge in [-0.1, -0.05) is 109 Å². The maximum Gasteiger partial charge on any atom is 0.309 e. The number of ether oxygens (including phenoxy) is 3. The van der Waals surface area contributed by atoms with Gasteiger partial charge in [-0.05, 0) is 129 Å². The number of carbonyl (C=O) groups is 2. The van der Waals surface area contributed by atoms with Crippen molar-refractivity contribution in [2.24, 2.45) is 17.8 Å². The van der Waals surface area contributed by atoms with Crippen LogP contribution in [0.3, 0.4) is 0 Å². The summed E-state index contributed by atoms with van der Waals surface area (Å²) in [6.07, 6.45) is 8.54. The van der Waals surface area contributed by atoms with Crippen LogP contribution in [0.1, 0.15) is 145 Å². The molecule has 2 saturated heterocycles. The van der Waals surface area contributed by atoms with Gasteiger partial charge in [0.15, 0.2) is 11.7 Å². The van der Waals surface area contributed by atoms with Gasteiger partial charge in [0.2, 0.25) is 5.91 Å². The first-order valence-electron chi connectivity index (χ1n) is 26.9. The molecule has 2 aliphatic rings. The summed E-state index contributed by atoms with van der Waals surface area (Å²) in [5, 5.41) is 50.5. The number of amides is 1. The van der Waals surface area contributed by atoms with Crippen LogP contribution in [0.2, 0.25) is 0 Å². The molecule has 0 aliphatic carbocycles. The van der Waals surface area contributed by atoms with E-state index in [9.17, 15) is 30.0 Å². The van der Waals surface area contributed by atoms with Crippen molar-refractivity contribution in [3.8, 4) is 0 Å². The van der Waals surface area contributed by atoms with Gasteiger partial charge >= 0.3 is 5.97 Å². The smallest absolute Gasteiger partial charge is 0.309 e. The highest BCUT2D eigenvalue weighted by atomic mass is 31.2. The Morgan fingerprint density at radius 2 is 1.38 bits per heavy atom. The largest absolute Gasteiger partial charge is 0.459 e. The molecule has 13 atom stereocenters. The lowest BCUT2D eigenvalue weighted by molar-refractivity contribution is -0.295. The Balaban J connectivity index is 1.20. The van der Waals surface area contributed by atoms with E-state index in [1.54, 1.807) is 32.6 Å². The van der Waals surface area contributed by atoms with Crippen molar-refractivity contribution in [2.75, 3.05) is 26.8 Å². The zero-order valence-electron chi connectivity index (χ0n) is 44.9. The van der Waals surface area contributed by atoms with Gasteiger partial charge in [-0.25, -0.2) is 4.98 Å². The lowest BCUT2D eigenvalue weighted by Crippen LogP contribution is -2.60. The third-order valence-corrected chi connectivity index (χ3v) is 19.9. The molecule has 0 radical (unpaired) electrons. The molecule has 2 aromatic carbocycles. The summed E-state index contributed by atoms with van der Waals surface area (Å²) in [5.41, 5.74) is -2.16. The van der Waals surface area contributed by atoms with Gasteiger partial charge in [-0.2, -0.15) is 0 Å². The minimum absolute atomic E-state index is 0.138. The van der Waals surface area contributed by atoms with E-state index in [1.807, 2.05) is 52.0 Å². The van der Waals surface area contributed by atoms with Crippen molar-refractivity contribution < 1.29 is 44.2 Å². The Hall–Kier alpha value is -3.32. The normalized spacial score (nSPS) is 31.7. The maximum atomic E-state index is 14.3. The molecule has 0 saturated carbocycles. The number of aromatic nitrogens is 1. The van der Waals surface area contributed by atoms with Gasteiger partial charge < -0.3 is 44.4 Å². The number of pyridine rings is 1. The molecule has 1 amide bonds. The zero-order chi connectivity index (χ0) is 51.9. The van der Waals surface area contributed by atoms with Gasteiger partial charge in [-0.3, -0.25) is 9.59 Å². The first-order valence-corrected chi connectivity index (χ1v) is 28.9. The standard InChI is InChI=1S/C58H91N3O9P/c1-11-49-58(8,67)53(64)45(6)61(40-41(2)39-57(7,66)54(42(3)37-43(4)55(65)69-49)70-56-52(63)48(60(9)10)38-44(5)68-56)51(62)34-25-17-15-13-12-14-16-18-28-36-71(46-29-21-19-22-30-46,47-31-23-20-24-32-47)50-33-26-27-35-59-50/h19-24,26-27,29-33,35,41-45,48-49,52-54,56,63-64,66-67H,11-18,25,28,34,36-40H2,1-10H3/q+1/t41-,42+,43-,44-,45-,48+,49-,52-,53-,54-,56+,57-,58-/m1/s1. The second-order valence-electron chi connectivity index (χ2n) is 22.0. The van der Waals surface area contributed by atoms with Crippen molar-refractivity contribution in [1.29, 1.82) is 0 Å². The molecular weight excluding hydrogens is 914 g/mol. The lowest BCUT2D eigenvalue weighted by atomic mass is 9.79. The molecule has 3 heterocycles. The molecule has 12 nitrogen and oxygen atoms in total. The van der Waals surface area contributed by atoms with Gasteiger partial charge in [-0.15, -0.1) is 0 Å². The number of aliphatic hydroxyl groups is 4. The van der Waals surface area contributed by atoms with Gasteiger partial charge in [0.1, 0.15) is 41.8 Å². The Labute approximate surface area is 427 Å². The topological polar surface area (TPSA) is 162 Å². The zero-order valence-corrected chi connectivity index (χ0v) is 45.8. The molecule has 5 rings (SSSR count). The van der Waals surface area contributed by atoms with Crippen LogP contribution in [0.25, 0.3) is 0 Å². The number of likely N-dealkylation sites (N-methyl/N-ethyl adjacent to an activating group) is 1. The number of unbranched alkanes of at least 4 members (excludes halogenated alkanes) is 8. The molecule has 4 N–H and O–H groups in total. The van der Waals surface area contributed by atoms with Crippen LogP contribution in [0.5, 0.6) is 0 Å². The molecule has 1 aromatic heterocycles. The monoisotopic (exact) mass is 1000 g/mol. The van der Waals surface area contributed by atoms with Gasteiger partial charge in [0.25, 0.3) is 0 Å². The van der Waals surface area contributed by atoms with Crippen LogP contribution in [-0.4, -0.2) is 134 Å². The van der Waals surface area contributed by atoms with E-state index in [4.69, 9.17) is 19.2 Å². The van der Waals surface area contributed by atoms with Crippen LogP contribution in [0.15, 0.2) is 85.1 Å². The number of esters is 1. The molecule has 2 aliphatic heterocycles. The molecule has 2 fully saturated rings. The third kappa shape index (κ3) is 15.4. The van der Waals surface area contributed by atoms with E-state index in [0.29, 0.717) is 12.8 Å². The Morgan fingerprint density at radius 1 is 0.817 bits per heavy atom. The number of rotatable bonds is 19. The number of hydrogen-bond donors (Lipinski definition) is 4. The highest BCUT2D eigenvalue weighted by Gasteiger charge is 2.49. The minimum Gasteiger partial charge on any atom is -0.459 e. The summed E-state index contributed by atoms with van der Waals surface area (Å²) in [7, 11) is 1.89. The molecule has 0 unspecified atom stereocenters. The summed E-state index contributed by atoms with van der Waals surface area (Å²) >= 11 is 0. The highest BCUT2D eigenvalue weighted by Crippen LogP contribution is 2.55. The first-order chi connectivity index (χ1) is 33.7. The van der Waals surface area contributed by atoms with E-state index < -0.39 is 73.0 Å². The van der Waals surface area contributed by atoms with Gasteiger partial charge in [0.05, 0.1) is 35.9 Å². The number of benzene rings is 2. The van der Waals surface area contributed by atoms with Crippen molar-refractivity contribution in [3.63, 3.8) is 0 Å². The highest BCUT2D eigenvalue weighted by molar-refractivity contribution is 7.95. The fourth-order valence-electron chi connectivity index (χ4n) is 11.6. The van der Waals surface area contributed by atoms with Crippen molar-refractivity contribution in [3.05, 3.63) is 85.1 Å². The summed E-state index contributed by atoms with van der Waals surface area (Å²) in [4.78, 5) is 36.6. The van der Waals surface area contributed by atoms with Crippen LogP contribution < -0.4 is 16.0 Å². The number of aliphatic hydroxyl groups excluding tert-OH is 2. The van der Waals surface area contributed by atoms with Gasteiger partial charge in [0, 0.05) is 31.3 Å². The van der Waals surface area contributed by atoms with E-state index in [1.165, 1.54) is 29.4 Å². The second kappa shape index (κ2) is 27.3. The summed E-state index contributed by atoms with van der Waals surface area (Å²) in [6, 6.07) is 27.1. The Kier molecular flexibility index (Phi) is 22.5. The fourth-order valence-corrected chi connectivity index (χ4v) is 15.9. The summed E-state index contributed by atoms with van der Waals surface area (Å²) < 4.78 is 18.8. The predicted octanol–water partition coefficient (Wildman–Crippen LogP) is 8.19. The molecule has 71 heavy (non-hydrogen) atoms. The molecule has 13 heteroatoms. The quantitative estimate of drug-likeness (QED) is 0.0521. The SMILES string of the molecule is CC[C@H]1OC(=O)[C@H](C)C[C@H](C)[C@@H](O[C@@H]2O[C@H](C)C[C@H](N(C)C)[C@H]2O)[C@](C)(O)C[C@@H](C)CN(C(=O)CCCCCCCCCCC[P+](c2ccccc2)(c2ccccc2)c2ccccn2)[C@H](C)[C@@H](O)[C@]1(C)O. The molecule has 396 valence electrons. The summed E-state index contributed by atoms with van der Waals surface area (Å²) in [6.45, 7) is 14.5.